The molecule has 6 heteroatoms. The Kier molecular flexibility index (Phi) is 6.22. The number of rotatable bonds is 8. The zero-order valence-corrected chi connectivity index (χ0v) is 13.4. The van der Waals surface area contributed by atoms with E-state index >= 15 is 0 Å². The van der Waals surface area contributed by atoms with Crippen LogP contribution in [0.1, 0.15) is 32.3 Å². The van der Waals surface area contributed by atoms with Gasteiger partial charge in [-0.2, -0.15) is 0 Å². The third-order valence-electron chi connectivity index (χ3n) is 3.37. The first-order valence-electron chi connectivity index (χ1n) is 7.14. The molecule has 122 valence electrons. The van der Waals surface area contributed by atoms with Crippen LogP contribution in [0.15, 0.2) is 18.2 Å². The molecule has 0 aliphatic rings. The number of ether oxygens (including phenoxy) is 2. The molecule has 1 amide bonds. The van der Waals surface area contributed by atoms with E-state index in [9.17, 15) is 14.7 Å². The Hall–Kier alpha value is -2.24. The van der Waals surface area contributed by atoms with Crippen molar-refractivity contribution in [3.63, 3.8) is 0 Å². The summed E-state index contributed by atoms with van der Waals surface area (Å²) in [6, 6.07) is 5.21. The van der Waals surface area contributed by atoms with Gasteiger partial charge in [-0.3, -0.25) is 4.79 Å². The van der Waals surface area contributed by atoms with Crippen LogP contribution in [-0.2, 0) is 9.59 Å². The lowest BCUT2D eigenvalue weighted by atomic mass is 9.96. The van der Waals surface area contributed by atoms with E-state index < -0.39 is 17.4 Å². The van der Waals surface area contributed by atoms with Gasteiger partial charge in [0.2, 0.25) is 0 Å². The molecule has 1 unspecified atom stereocenters. The Bertz CT molecular complexity index is 543. The molecule has 0 saturated heterocycles. The van der Waals surface area contributed by atoms with Crippen molar-refractivity contribution in [2.45, 2.75) is 39.2 Å². The molecule has 2 N–H and O–H groups in total. The van der Waals surface area contributed by atoms with Crippen molar-refractivity contribution in [2.75, 3.05) is 13.7 Å². The molecule has 0 heterocycles. The Morgan fingerprint density at radius 2 is 2.05 bits per heavy atom. The van der Waals surface area contributed by atoms with E-state index in [0.717, 1.165) is 11.3 Å². The quantitative estimate of drug-likeness (QED) is 0.768. The molecule has 0 bridgehead atoms. The summed E-state index contributed by atoms with van der Waals surface area (Å²) in [6.07, 6.45) is 1.01. The van der Waals surface area contributed by atoms with E-state index in [2.05, 4.69) is 5.32 Å². The maximum atomic E-state index is 11.9. The third kappa shape index (κ3) is 4.65. The van der Waals surface area contributed by atoms with Crippen molar-refractivity contribution in [1.29, 1.82) is 0 Å². The summed E-state index contributed by atoms with van der Waals surface area (Å²) in [5, 5.41) is 11.7. The minimum atomic E-state index is -1.27. The minimum absolute atomic E-state index is 0.238. The van der Waals surface area contributed by atoms with Crippen LogP contribution in [0.5, 0.6) is 11.5 Å². The van der Waals surface area contributed by atoms with Crippen molar-refractivity contribution in [2.24, 2.45) is 0 Å². The summed E-state index contributed by atoms with van der Waals surface area (Å²) in [4.78, 5) is 23.2. The molecule has 0 fully saturated rings. The highest BCUT2D eigenvalue weighted by molar-refractivity contribution is 5.87. The summed E-state index contributed by atoms with van der Waals surface area (Å²) in [7, 11) is 1.58. The highest BCUT2D eigenvalue weighted by Gasteiger charge is 2.33. The standard InChI is InChI=1S/C16H23NO5/c1-5-8-16(3,15(19)20)17-14(18)10-22-12-6-7-13(21-4)11(2)9-12/h6-7,9H,5,8,10H2,1-4H3,(H,17,18)(H,19,20). The molecular weight excluding hydrogens is 286 g/mol. The molecule has 0 spiro atoms. The van der Waals surface area contributed by atoms with E-state index in [1.54, 1.807) is 25.3 Å². The third-order valence-corrected chi connectivity index (χ3v) is 3.37. The van der Waals surface area contributed by atoms with E-state index in [4.69, 9.17) is 9.47 Å². The monoisotopic (exact) mass is 309 g/mol. The number of benzene rings is 1. The predicted molar refractivity (Wildman–Crippen MR) is 82.3 cm³/mol. The second-order valence-corrected chi connectivity index (χ2v) is 5.36. The highest BCUT2D eigenvalue weighted by atomic mass is 16.5. The zero-order valence-electron chi connectivity index (χ0n) is 13.4. The van der Waals surface area contributed by atoms with Crippen LogP contribution in [0.2, 0.25) is 0 Å². The fraction of sp³-hybridized carbons (Fsp3) is 0.500. The Morgan fingerprint density at radius 1 is 1.36 bits per heavy atom. The largest absolute Gasteiger partial charge is 0.496 e. The lowest BCUT2D eigenvalue weighted by molar-refractivity contribution is -0.147. The summed E-state index contributed by atoms with van der Waals surface area (Å²) < 4.78 is 10.5. The summed E-state index contributed by atoms with van der Waals surface area (Å²) in [5.74, 6) is -0.256. The maximum Gasteiger partial charge on any atom is 0.329 e. The van der Waals surface area contributed by atoms with E-state index in [-0.39, 0.29) is 6.61 Å². The topological polar surface area (TPSA) is 84.9 Å². The molecule has 0 aliphatic heterocycles. The number of aliphatic carboxylic acids is 1. The predicted octanol–water partition coefficient (Wildman–Crippen LogP) is 2.14. The number of nitrogens with one attached hydrogen (secondary N) is 1. The van der Waals surface area contributed by atoms with Gasteiger partial charge in [0.15, 0.2) is 6.61 Å². The summed E-state index contributed by atoms with van der Waals surface area (Å²) >= 11 is 0. The fourth-order valence-corrected chi connectivity index (χ4v) is 2.16. The number of hydrogen-bond acceptors (Lipinski definition) is 4. The SMILES string of the molecule is CCCC(C)(NC(=O)COc1ccc(OC)c(C)c1)C(=O)O. The van der Waals surface area contributed by atoms with Crippen LogP contribution in [0.3, 0.4) is 0 Å². The molecule has 1 atom stereocenters. The Morgan fingerprint density at radius 3 is 2.55 bits per heavy atom. The van der Waals surface area contributed by atoms with Gasteiger partial charge < -0.3 is 19.9 Å². The van der Waals surface area contributed by atoms with Crippen LogP contribution in [0.25, 0.3) is 0 Å². The molecular formula is C16H23NO5. The van der Waals surface area contributed by atoms with Gasteiger partial charge in [0, 0.05) is 0 Å². The van der Waals surface area contributed by atoms with Gasteiger partial charge in [0.25, 0.3) is 5.91 Å². The first kappa shape index (κ1) is 17.8. The Balaban J connectivity index is 2.62. The van der Waals surface area contributed by atoms with Crippen LogP contribution in [-0.4, -0.2) is 36.2 Å². The van der Waals surface area contributed by atoms with E-state index in [1.165, 1.54) is 6.92 Å². The van der Waals surface area contributed by atoms with Gasteiger partial charge in [-0.05, 0) is 44.0 Å². The number of methoxy groups -OCH3 is 1. The van der Waals surface area contributed by atoms with Crippen molar-refractivity contribution in [3.05, 3.63) is 23.8 Å². The Labute approximate surface area is 130 Å². The number of carbonyl (C=O) groups excluding carboxylic acids is 1. The van der Waals surface area contributed by atoms with Crippen molar-refractivity contribution in [1.82, 2.24) is 5.32 Å². The number of hydrogen-bond donors (Lipinski definition) is 2. The molecule has 0 saturated carbocycles. The second kappa shape index (κ2) is 7.68. The van der Waals surface area contributed by atoms with Crippen molar-refractivity contribution in [3.8, 4) is 11.5 Å². The average molecular weight is 309 g/mol. The smallest absolute Gasteiger partial charge is 0.329 e. The normalized spacial score (nSPS) is 13.1. The molecule has 1 aromatic carbocycles. The first-order chi connectivity index (χ1) is 10.3. The number of carboxylic acid groups (broad SMARTS) is 1. The molecule has 1 rings (SSSR count). The van der Waals surface area contributed by atoms with Gasteiger partial charge in [-0.15, -0.1) is 0 Å². The minimum Gasteiger partial charge on any atom is -0.496 e. The lowest BCUT2D eigenvalue weighted by Crippen LogP contribution is -2.53. The number of aryl methyl sites for hydroxylation is 1. The van der Waals surface area contributed by atoms with Crippen molar-refractivity contribution < 1.29 is 24.2 Å². The zero-order chi connectivity index (χ0) is 16.8. The summed E-state index contributed by atoms with van der Waals surface area (Å²) in [6.45, 7) is 4.99. The number of carbonyl (C=O) groups is 2. The molecule has 6 nitrogen and oxygen atoms in total. The van der Waals surface area contributed by atoms with Gasteiger partial charge >= 0.3 is 5.97 Å². The van der Waals surface area contributed by atoms with E-state index in [0.29, 0.717) is 18.6 Å². The second-order valence-electron chi connectivity index (χ2n) is 5.36. The fourth-order valence-electron chi connectivity index (χ4n) is 2.16. The van der Waals surface area contributed by atoms with Crippen LogP contribution >= 0.6 is 0 Å². The van der Waals surface area contributed by atoms with Crippen LogP contribution in [0.4, 0.5) is 0 Å². The summed E-state index contributed by atoms with van der Waals surface area (Å²) in [5.41, 5.74) is -0.382. The molecule has 0 aliphatic carbocycles. The molecule has 0 radical (unpaired) electrons. The van der Waals surface area contributed by atoms with Gasteiger partial charge in [0.05, 0.1) is 7.11 Å². The number of amides is 1. The highest BCUT2D eigenvalue weighted by Crippen LogP contribution is 2.22. The number of carboxylic acids is 1. The molecule has 0 aromatic heterocycles. The molecule has 22 heavy (non-hydrogen) atoms. The van der Waals surface area contributed by atoms with Crippen LogP contribution in [0, 0.1) is 6.92 Å². The first-order valence-corrected chi connectivity index (χ1v) is 7.14. The van der Waals surface area contributed by atoms with Gasteiger partial charge in [0.1, 0.15) is 17.0 Å². The van der Waals surface area contributed by atoms with Crippen LogP contribution < -0.4 is 14.8 Å². The van der Waals surface area contributed by atoms with Gasteiger partial charge in [-0.25, -0.2) is 4.79 Å². The van der Waals surface area contributed by atoms with Gasteiger partial charge in [-0.1, -0.05) is 13.3 Å². The molecule has 1 aromatic rings. The van der Waals surface area contributed by atoms with Crippen molar-refractivity contribution >= 4 is 11.9 Å². The van der Waals surface area contributed by atoms with E-state index in [1.807, 2.05) is 13.8 Å². The average Bonchev–Trinajstić information content (AvgIpc) is 2.45. The maximum absolute atomic E-state index is 11.9. The lowest BCUT2D eigenvalue weighted by Gasteiger charge is -2.25.